The highest BCUT2D eigenvalue weighted by atomic mass is 28.4. The van der Waals surface area contributed by atoms with Gasteiger partial charge in [0.1, 0.15) is 29.0 Å². The molecule has 0 aromatic carbocycles. The van der Waals surface area contributed by atoms with Crippen molar-refractivity contribution in [2.45, 2.75) is 134 Å². The molecule has 1 aliphatic carbocycles. The lowest BCUT2D eigenvalue weighted by atomic mass is 9.77. The molecule has 3 rings (SSSR count). The van der Waals surface area contributed by atoms with Gasteiger partial charge in [0, 0.05) is 34.1 Å². The Morgan fingerprint density at radius 2 is 1.40 bits per heavy atom. The van der Waals surface area contributed by atoms with Gasteiger partial charge < -0.3 is 52.5 Å². The van der Waals surface area contributed by atoms with Gasteiger partial charge in [-0.3, -0.25) is 19.2 Å². The number of carbonyl (C=O) groups is 5. The summed E-state index contributed by atoms with van der Waals surface area (Å²) in [6.45, 7) is 15.6. The van der Waals surface area contributed by atoms with Gasteiger partial charge in [-0.15, -0.1) is 0 Å². The van der Waals surface area contributed by atoms with E-state index in [1.165, 1.54) is 6.92 Å². The molecule has 2 heterocycles. The number of aliphatic hydroxyl groups is 2. The van der Waals surface area contributed by atoms with Gasteiger partial charge in [-0.05, 0) is 25.1 Å². The number of hydrogen-bond acceptors (Lipinski definition) is 16. The van der Waals surface area contributed by atoms with E-state index in [0.29, 0.717) is 0 Å². The molecule has 10 atom stereocenters. The lowest BCUT2D eigenvalue weighted by Gasteiger charge is -2.48. The number of esters is 5. The maximum Gasteiger partial charge on any atom is 0.339 e. The Bertz CT molecular complexity index is 1290. The van der Waals surface area contributed by atoms with Crippen LogP contribution >= 0.6 is 0 Å². The van der Waals surface area contributed by atoms with Crippen molar-refractivity contribution in [3.8, 4) is 0 Å². The third-order valence-electron chi connectivity index (χ3n) is 9.24. The average Bonchev–Trinajstić information content (AvgIpc) is 3.13. The predicted molar refractivity (Wildman–Crippen MR) is 164 cm³/mol. The van der Waals surface area contributed by atoms with Crippen LogP contribution in [-0.2, 0) is 66.3 Å². The Labute approximate surface area is 280 Å². The third kappa shape index (κ3) is 8.19. The van der Waals surface area contributed by atoms with Crippen molar-refractivity contribution in [2.75, 3.05) is 13.7 Å². The first-order valence-electron chi connectivity index (χ1n) is 15.5. The highest BCUT2D eigenvalue weighted by molar-refractivity contribution is 6.74. The van der Waals surface area contributed by atoms with E-state index < -0.39 is 105 Å². The maximum absolute atomic E-state index is 12.7. The van der Waals surface area contributed by atoms with Crippen molar-refractivity contribution in [1.82, 2.24) is 0 Å². The van der Waals surface area contributed by atoms with Gasteiger partial charge in [-0.25, -0.2) is 4.79 Å². The van der Waals surface area contributed by atoms with Crippen molar-refractivity contribution < 1.29 is 76.5 Å². The van der Waals surface area contributed by atoms with Crippen LogP contribution < -0.4 is 0 Å². The van der Waals surface area contributed by atoms with Crippen LogP contribution in [-0.4, -0.2) is 116 Å². The van der Waals surface area contributed by atoms with E-state index in [0.717, 1.165) is 41.1 Å². The molecule has 0 aromatic heterocycles. The molecule has 0 radical (unpaired) electrons. The van der Waals surface area contributed by atoms with Crippen LogP contribution in [0.4, 0.5) is 0 Å². The summed E-state index contributed by atoms with van der Waals surface area (Å²) in [5.74, 6) is -5.68. The first-order valence-corrected chi connectivity index (χ1v) is 18.4. The summed E-state index contributed by atoms with van der Waals surface area (Å²) in [6, 6.07) is 0. The van der Waals surface area contributed by atoms with E-state index in [4.69, 9.17) is 42.3 Å². The fourth-order valence-electron chi connectivity index (χ4n) is 5.94. The molecule has 17 heteroatoms. The van der Waals surface area contributed by atoms with Crippen LogP contribution in [0.15, 0.2) is 11.8 Å². The molecular formula is C31H48O16Si. The minimum Gasteiger partial charge on any atom is -0.471 e. The summed E-state index contributed by atoms with van der Waals surface area (Å²) in [5, 5.41) is 23.4. The van der Waals surface area contributed by atoms with Crippen LogP contribution in [0.3, 0.4) is 0 Å². The molecule has 2 aliphatic heterocycles. The standard InChI is InChI=1S/C31H48O16Si/c1-15(32)42-21-12-31(38)19(26(36)39-9)13-40-28(25(31)30(21,8)37)47-27-24(45-18(4)35)23(44-17(3)34)22(43-16(2)33)20(46-27)14-41-48(10,11)29(5,6)7/h13,20-25,27-28,37-38H,12,14H2,1-11H3/t20-,21-,22-,23+,24-,25+,27+,28-,30-,31-/m0/s1. The number of methoxy groups -OCH3 is 1. The molecule has 0 unspecified atom stereocenters. The van der Waals surface area contributed by atoms with Gasteiger partial charge in [0.05, 0.1) is 25.9 Å². The predicted octanol–water partition coefficient (Wildman–Crippen LogP) is 1.39. The van der Waals surface area contributed by atoms with Gasteiger partial charge in [0.25, 0.3) is 0 Å². The second-order valence-electron chi connectivity index (χ2n) is 13.9. The minimum absolute atomic E-state index is 0.170. The second-order valence-corrected chi connectivity index (χ2v) is 18.7. The van der Waals surface area contributed by atoms with Crippen LogP contribution in [0.5, 0.6) is 0 Å². The number of carbonyl (C=O) groups excluding carboxylic acids is 5. The zero-order valence-corrected chi connectivity index (χ0v) is 30.2. The zero-order valence-electron chi connectivity index (χ0n) is 29.2. The molecule has 0 aromatic rings. The largest absolute Gasteiger partial charge is 0.471 e. The molecule has 48 heavy (non-hydrogen) atoms. The van der Waals surface area contributed by atoms with Crippen molar-refractivity contribution in [2.24, 2.45) is 5.92 Å². The molecule has 0 amide bonds. The fourth-order valence-corrected chi connectivity index (χ4v) is 6.95. The SMILES string of the molecule is COC(=O)C1=CO[C@@H](O[C@H]2O[C@@H](CO[Si](C)(C)C(C)(C)C)[C@H](OC(C)=O)[C@@H](OC(C)=O)[C@@H]2OC(C)=O)[C@@H]2[C@@](C)(O)[C@@H](OC(C)=O)C[C@]12O. The van der Waals surface area contributed by atoms with Crippen LogP contribution in [0.1, 0.15) is 61.8 Å². The number of fused-ring (bicyclic) bond motifs is 1. The Morgan fingerprint density at radius 1 is 0.875 bits per heavy atom. The molecule has 0 bridgehead atoms. The zero-order chi connectivity index (χ0) is 36.6. The van der Waals surface area contributed by atoms with E-state index in [2.05, 4.69) is 0 Å². The highest BCUT2D eigenvalue weighted by Crippen LogP contribution is 2.53. The van der Waals surface area contributed by atoms with Gasteiger partial charge in [0.2, 0.25) is 12.6 Å². The lowest BCUT2D eigenvalue weighted by molar-refractivity contribution is -0.353. The Morgan fingerprint density at radius 3 is 1.90 bits per heavy atom. The second kappa shape index (κ2) is 14.4. The fraction of sp³-hybridized carbons (Fsp3) is 0.774. The lowest BCUT2D eigenvalue weighted by Crippen LogP contribution is -2.65. The first-order chi connectivity index (χ1) is 22.0. The molecule has 1 saturated carbocycles. The summed E-state index contributed by atoms with van der Waals surface area (Å²) in [4.78, 5) is 61.7. The number of hydrogen-bond donors (Lipinski definition) is 2. The van der Waals surface area contributed by atoms with Crippen molar-refractivity contribution in [1.29, 1.82) is 0 Å². The summed E-state index contributed by atoms with van der Waals surface area (Å²) >= 11 is 0. The molecule has 3 aliphatic rings. The molecule has 2 N–H and O–H groups in total. The van der Waals surface area contributed by atoms with Gasteiger partial charge in [-0.1, -0.05) is 20.8 Å². The van der Waals surface area contributed by atoms with E-state index in [-0.39, 0.29) is 17.2 Å². The van der Waals surface area contributed by atoms with E-state index in [9.17, 15) is 34.2 Å². The molecule has 16 nitrogen and oxygen atoms in total. The molecular weight excluding hydrogens is 656 g/mol. The Kier molecular flexibility index (Phi) is 11.8. The van der Waals surface area contributed by atoms with Gasteiger partial charge in [-0.2, -0.15) is 0 Å². The van der Waals surface area contributed by atoms with Crippen LogP contribution in [0.25, 0.3) is 0 Å². The molecule has 272 valence electrons. The molecule has 2 fully saturated rings. The summed E-state index contributed by atoms with van der Waals surface area (Å²) in [6.07, 6.45) is -9.77. The van der Waals surface area contributed by atoms with Gasteiger partial charge in [0.15, 0.2) is 26.6 Å². The van der Waals surface area contributed by atoms with E-state index in [1.54, 1.807) is 0 Å². The van der Waals surface area contributed by atoms with Crippen molar-refractivity contribution in [3.05, 3.63) is 11.8 Å². The summed E-state index contributed by atoms with van der Waals surface area (Å²) < 4.78 is 51.4. The highest BCUT2D eigenvalue weighted by Gasteiger charge is 2.69. The molecule has 1 saturated heterocycles. The quantitative estimate of drug-likeness (QED) is 0.187. The Balaban J connectivity index is 2.13. The number of rotatable bonds is 10. The van der Waals surface area contributed by atoms with Crippen LogP contribution in [0.2, 0.25) is 18.1 Å². The maximum atomic E-state index is 12.7. The first kappa shape index (κ1) is 39.3. The normalized spacial score (nSPS) is 34.9. The summed E-state index contributed by atoms with van der Waals surface area (Å²) in [5.41, 5.74) is -4.67. The third-order valence-corrected chi connectivity index (χ3v) is 13.7. The minimum atomic E-state index is -2.45. The van der Waals surface area contributed by atoms with Crippen molar-refractivity contribution >= 4 is 38.2 Å². The monoisotopic (exact) mass is 704 g/mol. The number of ether oxygens (including phenoxy) is 8. The van der Waals surface area contributed by atoms with E-state index in [1.807, 2.05) is 33.9 Å². The van der Waals surface area contributed by atoms with Gasteiger partial charge >= 0.3 is 29.8 Å². The average molecular weight is 705 g/mol. The summed E-state index contributed by atoms with van der Waals surface area (Å²) in [7, 11) is -1.36. The topological polar surface area (TPSA) is 209 Å². The van der Waals surface area contributed by atoms with Crippen molar-refractivity contribution in [3.63, 3.8) is 0 Å². The van der Waals surface area contributed by atoms with Crippen LogP contribution in [0, 0.1) is 5.92 Å². The molecule has 0 spiro atoms. The smallest absolute Gasteiger partial charge is 0.339 e. The Hall–Kier alpha value is -3.09. The van der Waals surface area contributed by atoms with E-state index >= 15 is 0 Å².